The van der Waals surface area contributed by atoms with Gasteiger partial charge in [-0.05, 0) is 37.9 Å². The summed E-state index contributed by atoms with van der Waals surface area (Å²) in [6.45, 7) is 14.9. The molecule has 1 heterocycles. The predicted octanol–water partition coefficient (Wildman–Crippen LogP) is 10.1. The molecule has 0 spiro atoms. The monoisotopic (exact) mass is 630 g/mol. The highest BCUT2D eigenvalue weighted by Crippen LogP contribution is 2.41. The zero-order valence-corrected chi connectivity index (χ0v) is 24.3. The van der Waals surface area contributed by atoms with Crippen molar-refractivity contribution in [2.45, 2.75) is 47.0 Å². The highest BCUT2D eigenvalue weighted by molar-refractivity contribution is 6.33. The largest absolute Gasteiger partial charge is 0.478 e. The van der Waals surface area contributed by atoms with Gasteiger partial charge in [0.25, 0.3) is 5.90 Å². The number of nitrogens with zero attached hydrogens (tertiary/aromatic N) is 2. The first kappa shape index (κ1) is 40.2. The SMILES string of the molecule is C=C/C(F)=C\C(=C/C)N/C(=C/c1onc(-c2c(F)cccc2Cl)c1N=C(OC)C(F)(F)F)C(F)(F)F.C=N.CC.CC. The van der Waals surface area contributed by atoms with Gasteiger partial charge in [0.15, 0.2) is 5.76 Å². The molecule has 15 heteroatoms. The van der Waals surface area contributed by atoms with Gasteiger partial charge >= 0.3 is 12.4 Å². The van der Waals surface area contributed by atoms with Gasteiger partial charge in [-0.15, -0.1) is 0 Å². The fraction of sp³-hybridized carbons (Fsp3) is 0.296. The van der Waals surface area contributed by atoms with Crippen molar-refractivity contribution in [3.8, 4) is 11.3 Å². The Bertz CT molecular complexity index is 1240. The van der Waals surface area contributed by atoms with Crippen LogP contribution in [-0.4, -0.2) is 37.2 Å². The van der Waals surface area contributed by atoms with Crippen LogP contribution in [0.15, 0.2) is 69.7 Å². The first-order valence-corrected chi connectivity index (χ1v) is 12.3. The van der Waals surface area contributed by atoms with Crippen molar-refractivity contribution in [3.63, 3.8) is 0 Å². The van der Waals surface area contributed by atoms with E-state index in [1.807, 2.05) is 33.0 Å². The number of aliphatic imine (C=N–C) groups is 1. The van der Waals surface area contributed by atoms with Crippen LogP contribution in [0, 0.1) is 11.2 Å². The Hall–Kier alpha value is -3.94. The second-order valence-electron chi connectivity index (χ2n) is 6.62. The van der Waals surface area contributed by atoms with Crippen LogP contribution in [0.25, 0.3) is 17.3 Å². The Balaban J connectivity index is 0. The molecule has 0 unspecified atom stereocenters. The molecule has 0 saturated carbocycles. The summed E-state index contributed by atoms with van der Waals surface area (Å²) in [5, 5.41) is 10.5. The fourth-order valence-electron chi connectivity index (χ4n) is 2.59. The zero-order chi connectivity index (χ0) is 33.3. The van der Waals surface area contributed by atoms with Gasteiger partial charge in [0.1, 0.15) is 28.7 Å². The van der Waals surface area contributed by atoms with Gasteiger partial charge in [0.2, 0.25) is 0 Å². The number of hydrogen-bond acceptors (Lipinski definition) is 6. The first-order valence-electron chi connectivity index (χ1n) is 11.9. The molecule has 1 aromatic carbocycles. The molecule has 0 amide bonds. The second-order valence-corrected chi connectivity index (χ2v) is 7.02. The van der Waals surface area contributed by atoms with Crippen LogP contribution >= 0.6 is 11.6 Å². The fourth-order valence-corrected chi connectivity index (χ4v) is 2.84. The molecule has 2 N–H and O–H groups in total. The van der Waals surface area contributed by atoms with Crippen molar-refractivity contribution < 1.29 is 44.4 Å². The van der Waals surface area contributed by atoms with Crippen molar-refractivity contribution in [1.29, 1.82) is 5.41 Å². The molecule has 0 aliphatic rings. The van der Waals surface area contributed by atoms with Crippen LogP contribution in [0.3, 0.4) is 0 Å². The van der Waals surface area contributed by atoms with E-state index < -0.39 is 58.3 Å². The van der Waals surface area contributed by atoms with Crippen LogP contribution in [0.1, 0.15) is 40.4 Å². The van der Waals surface area contributed by atoms with E-state index in [0.717, 1.165) is 18.2 Å². The van der Waals surface area contributed by atoms with E-state index in [9.17, 15) is 35.1 Å². The molecular weight excluding hydrogens is 600 g/mol. The summed E-state index contributed by atoms with van der Waals surface area (Å²) in [4.78, 5) is 3.21. The number of methoxy groups -OCH3 is 1. The van der Waals surface area contributed by atoms with E-state index in [-0.39, 0.29) is 16.8 Å². The average molecular weight is 631 g/mol. The molecule has 2 aromatic rings. The number of halogens is 9. The van der Waals surface area contributed by atoms with Crippen LogP contribution in [-0.2, 0) is 4.74 Å². The van der Waals surface area contributed by atoms with Gasteiger partial charge in [-0.3, -0.25) is 0 Å². The Kier molecular flexibility index (Phi) is 18.4. The third-order valence-corrected chi connectivity index (χ3v) is 4.52. The molecular formula is C27H31ClF8N4O2. The van der Waals surface area contributed by atoms with E-state index in [1.54, 1.807) is 0 Å². The van der Waals surface area contributed by atoms with Gasteiger partial charge in [-0.25, -0.2) is 13.8 Å². The van der Waals surface area contributed by atoms with Gasteiger partial charge in [-0.1, -0.05) is 63.2 Å². The van der Waals surface area contributed by atoms with Crippen molar-refractivity contribution in [2.24, 2.45) is 4.99 Å². The van der Waals surface area contributed by atoms with Gasteiger partial charge in [0.05, 0.1) is 17.7 Å². The lowest BCUT2D eigenvalue weighted by molar-refractivity contribution is -0.0947. The first-order chi connectivity index (χ1) is 19.7. The molecule has 6 nitrogen and oxygen atoms in total. The molecule has 234 valence electrons. The Morgan fingerprint density at radius 1 is 1.10 bits per heavy atom. The Morgan fingerprint density at radius 2 is 1.67 bits per heavy atom. The molecule has 0 bridgehead atoms. The van der Waals surface area contributed by atoms with E-state index >= 15 is 0 Å². The molecule has 0 saturated heterocycles. The molecule has 0 fully saturated rings. The number of allylic oxidation sites excluding steroid dienone is 5. The summed E-state index contributed by atoms with van der Waals surface area (Å²) in [5.41, 5.74) is -4.26. The Labute approximate surface area is 243 Å². The summed E-state index contributed by atoms with van der Waals surface area (Å²) in [6.07, 6.45) is -7.61. The normalized spacial score (nSPS) is 12.5. The summed E-state index contributed by atoms with van der Waals surface area (Å²) in [7, 11) is 0.618. The third kappa shape index (κ3) is 11.9. The molecule has 0 aliphatic carbocycles. The standard InChI is InChI=1S/C22H16ClF8N3O2.2C2H6.CH3N/c1-4-11(24)9-12(5-2)32-16(21(26,27)28)10-15-18(33-20(35-3)22(29,30)31)19(34-36-15)17-13(23)7-6-8-14(17)25;3*1-2/h4-10,32H,1H2,2-3H3;2*1-2H3;2H,1H2/b11-9+,12-5+,16-10+,33-20?;;;. The average Bonchev–Trinajstić information content (AvgIpc) is 3.34. The van der Waals surface area contributed by atoms with Gasteiger partial charge in [-0.2, -0.15) is 26.3 Å². The minimum Gasteiger partial charge on any atom is -0.478 e. The summed E-state index contributed by atoms with van der Waals surface area (Å²) < 4.78 is 118. The highest BCUT2D eigenvalue weighted by Gasteiger charge is 2.39. The number of hydrogen-bond donors (Lipinski definition) is 2. The lowest BCUT2D eigenvalue weighted by atomic mass is 10.1. The maximum Gasteiger partial charge on any atom is 0.468 e. The minimum absolute atomic E-state index is 0.219. The van der Waals surface area contributed by atoms with E-state index in [2.05, 4.69) is 28.2 Å². The smallest absolute Gasteiger partial charge is 0.468 e. The van der Waals surface area contributed by atoms with Gasteiger partial charge < -0.3 is 20.0 Å². The topological polar surface area (TPSA) is 83.5 Å². The van der Waals surface area contributed by atoms with Crippen LogP contribution in [0.5, 0.6) is 0 Å². The van der Waals surface area contributed by atoms with E-state index in [1.165, 1.54) is 19.1 Å². The molecule has 2 rings (SSSR count). The molecule has 1 aromatic heterocycles. The highest BCUT2D eigenvalue weighted by atomic mass is 35.5. The Morgan fingerprint density at radius 3 is 2.10 bits per heavy atom. The molecule has 42 heavy (non-hydrogen) atoms. The lowest BCUT2D eigenvalue weighted by Gasteiger charge is -2.15. The number of ether oxygens (including phenoxy) is 1. The van der Waals surface area contributed by atoms with Crippen LogP contribution in [0.2, 0.25) is 5.02 Å². The zero-order valence-electron chi connectivity index (χ0n) is 23.6. The summed E-state index contributed by atoms with van der Waals surface area (Å²) in [6, 6.07) is 3.24. The molecule has 0 atom stereocenters. The minimum atomic E-state index is -5.18. The number of rotatable bonds is 7. The predicted molar refractivity (Wildman–Crippen MR) is 150 cm³/mol. The van der Waals surface area contributed by atoms with Gasteiger partial charge in [0, 0.05) is 11.8 Å². The second kappa shape index (κ2) is 19.2. The lowest BCUT2D eigenvalue weighted by Crippen LogP contribution is -2.25. The van der Waals surface area contributed by atoms with E-state index in [0.29, 0.717) is 13.2 Å². The number of aromatic nitrogens is 1. The maximum atomic E-state index is 14.5. The summed E-state index contributed by atoms with van der Waals surface area (Å²) in [5.74, 6) is -4.90. The number of nitrogens with one attached hydrogen (secondary N) is 2. The third-order valence-electron chi connectivity index (χ3n) is 4.20. The van der Waals surface area contributed by atoms with E-state index in [4.69, 9.17) is 21.5 Å². The molecule has 0 radical (unpaired) electrons. The van der Waals surface area contributed by atoms with Crippen molar-refractivity contribution >= 4 is 36.0 Å². The maximum absolute atomic E-state index is 14.5. The number of benzene rings is 1. The molecule has 0 aliphatic heterocycles. The quantitative estimate of drug-likeness (QED) is 0.138. The number of alkyl halides is 6. The summed E-state index contributed by atoms with van der Waals surface area (Å²) >= 11 is 5.94. The van der Waals surface area contributed by atoms with Crippen molar-refractivity contribution in [2.75, 3.05) is 7.11 Å². The van der Waals surface area contributed by atoms with Crippen LogP contribution in [0.4, 0.5) is 40.8 Å². The van der Waals surface area contributed by atoms with Crippen molar-refractivity contribution in [1.82, 2.24) is 10.5 Å². The van der Waals surface area contributed by atoms with Crippen molar-refractivity contribution in [3.05, 3.63) is 76.8 Å². The van der Waals surface area contributed by atoms with Crippen LogP contribution < -0.4 is 5.32 Å².